The Hall–Kier alpha value is -3.78. The Kier molecular flexibility index (Phi) is 5.70. The van der Waals surface area contributed by atoms with Crippen molar-refractivity contribution in [2.24, 2.45) is 4.99 Å². The zero-order valence-corrected chi connectivity index (χ0v) is 14.9. The van der Waals surface area contributed by atoms with Gasteiger partial charge in [0.1, 0.15) is 12.0 Å². The van der Waals surface area contributed by atoms with Crippen molar-refractivity contribution < 1.29 is 0 Å². The van der Waals surface area contributed by atoms with E-state index < -0.39 is 0 Å². The van der Waals surface area contributed by atoms with Crippen molar-refractivity contribution in [3.63, 3.8) is 0 Å². The summed E-state index contributed by atoms with van der Waals surface area (Å²) in [7, 11) is 0. The summed E-state index contributed by atoms with van der Waals surface area (Å²) in [6, 6.07) is 5.89. The van der Waals surface area contributed by atoms with Crippen LogP contribution in [0.2, 0.25) is 0 Å². The number of hydrogen-bond acceptors (Lipinski definition) is 6. The lowest BCUT2D eigenvalue weighted by Crippen LogP contribution is -2.13. The van der Waals surface area contributed by atoms with Crippen LogP contribution < -0.4 is 0 Å². The van der Waals surface area contributed by atoms with Gasteiger partial charge >= 0.3 is 0 Å². The van der Waals surface area contributed by atoms with Gasteiger partial charge in [-0.1, -0.05) is 6.08 Å². The second kappa shape index (κ2) is 8.54. The fourth-order valence-electron chi connectivity index (χ4n) is 2.82. The van der Waals surface area contributed by atoms with Crippen LogP contribution in [0.5, 0.6) is 0 Å². The molecule has 0 radical (unpaired) electrons. The number of H-pyrrole nitrogens is 1. The lowest BCUT2D eigenvalue weighted by Gasteiger charge is -2.15. The smallest absolute Gasteiger partial charge is 0.141 e. The van der Waals surface area contributed by atoms with Crippen molar-refractivity contribution in [1.29, 1.82) is 10.5 Å². The zero-order chi connectivity index (χ0) is 19.1. The molecule has 8 heteroatoms. The molecule has 1 N–H and O–H groups in total. The molecule has 1 unspecified atom stereocenters. The summed E-state index contributed by atoms with van der Waals surface area (Å²) in [5.74, 6) is 0. The van der Waals surface area contributed by atoms with Gasteiger partial charge in [0.2, 0.25) is 0 Å². The van der Waals surface area contributed by atoms with Crippen molar-refractivity contribution in [1.82, 2.24) is 24.7 Å². The van der Waals surface area contributed by atoms with E-state index in [1.807, 2.05) is 25.4 Å². The molecule has 3 heterocycles. The normalized spacial score (nSPS) is 12.9. The molecule has 3 aromatic heterocycles. The van der Waals surface area contributed by atoms with E-state index in [1.165, 1.54) is 6.33 Å². The maximum atomic E-state index is 9.28. The van der Waals surface area contributed by atoms with Gasteiger partial charge in [-0.15, -0.1) is 0 Å². The average molecular weight is 358 g/mol. The number of nitrogens with one attached hydrogen (secondary N) is 1. The van der Waals surface area contributed by atoms with Gasteiger partial charge in [-0.3, -0.25) is 9.67 Å². The second-order valence-electron chi connectivity index (χ2n) is 5.74. The lowest BCUT2D eigenvalue weighted by atomic mass is 10.0. The molecule has 0 bridgehead atoms. The highest BCUT2D eigenvalue weighted by Gasteiger charge is 2.18. The number of fused-ring (bicyclic) bond motifs is 1. The van der Waals surface area contributed by atoms with Crippen molar-refractivity contribution in [2.75, 3.05) is 6.54 Å². The third-order valence-electron chi connectivity index (χ3n) is 4.07. The maximum Gasteiger partial charge on any atom is 0.141 e. The van der Waals surface area contributed by atoms with E-state index in [0.717, 1.165) is 27.9 Å². The third-order valence-corrected chi connectivity index (χ3v) is 4.07. The number of nitrogens with zero attached hydrogens (tertiary/aromatic N) is 7. The van der Waals surface area contributed by atoms with Crippen LogP contribution >= 0.6 is 0 Å². The first-order valence-electron chi connectivity index (χ1n) is 8.54. The van der Waals surface area contributed by atoms with Crippen LogP contribution in [-0.2, 0) is 0 Å². The first-order valence-corrected chi connectivity index (χ1v) is 8.54. The highest BCUT2D eigenvalue weighted by Crippen LogP contribution is 2.27. The minimum atomic E-state index is -0.323. The van der Waals surface area contributed by atoms with Gasteiger partial charge in [-0.25, -0.2) is 9.97 Å². The van der Waals surface area contributed by atoms with Gasteiger partial charge in [0.15, 0.2) is 0 Å². The van der Waals surface area contributed by atoms with Crippen LogP contribution in [0.3, 0.4) is 0 Å². The average Bonchev–Trinajstić information content (AvgIpc) is 3.36. The summed E-state index contributed by atoms with van der Waals surface area (Å²) in [4.78, 5) is 15.9. The van der Waals surface area contributed by atoms with Crippen LogP contribution in [0.15, 0.2) is 47.6 Å². The summed E-state index contributed by atoms with van der Waals surface area (Å²) in [6.07, 6.45) is 10.9. The second-order valence-corrected chi connectivity index (χ2v) is 5.74. The number of aliphatic imine (C=N–C) groups is 1. The predicted molar refractivity (Wildman–Crippen MR) is 102 cm³/mol. The molecular formula is C19H18N8. The standard InChI is InChI=1S/C19H18N8/c1-2-22-10-14(4-3-7-20)17(5-8-21)27-12-15(11-26-27)18-16-6-9-23-19(16)25-13-24-18/h4,6,9-13,17H,2-3,5H2,1H3,(H,23,24,25)/b14-4+,22-10-. The Balaban J connectivity index is 2.00. The van der Waals surface area contributed by atoms with Gasteiger partial charge < -0.3 is 4.98 Å². The fraction of sp³-hybridized carbons (Fsp3) is 0.263. The van der Waals surface area contributed by atoms with Crippen LogP contribution in [0.25, 0.3) is 22.3 Å². The van der Waals surface area contributed by atoms with Crippen molar-refractivity contribution in [3.8, 4) is 23.4 Å². The van der Waals surface area contributed by atoms with E-state index >= 15 is 0 Å². The number of rotatable bonds is 7. The van der Waals surface area contributed by atoms with E-state index in [0.29, 0.717) is 6.54 Å². The van der Waals surface area contributed by atoms with Crippen LogP contribution in [0.1, 0.15) is 25.8 Å². The minimum absolute atomic E-state index is 0.220. The van der Waals surface area contributed by atoms with E-state index in [9.17, 15) is 5.26 Å². The third kappa shape index (κ3) is 3.91. The molecule has 0 aliphatic heterocycles. The highest BCUT2D eigenvalue weighted by atomic mass is 15.3. The summed E-state index contributed by atoms with van der Waals surface area (Å²) >= 11 is 0. The number of hydrogen-bond donors (Lipinski definition) is 1. The van der Waals surface area contributed by atoms with E-state index in [-0.39, 0.29) is 18.9 Å². The van der Waals surface area contributed by atoms with Gasteiger partial charge in [0, 0.05) is 36.1 Å². The molecular weight excluding hydrogens is 340 g/mol. The number of nitriles is 2. The van der Waals surface area contributed by atoms with Crippen LogP contribution in [-0.4, -0.2) is 37.5 Å². The zero-order valence-electron chi connectivity index (χ0n) is 14.9. The van der Waals surface area contributed by atoms with Gasteiger partial charge in [-0.2, -0.15) is 15.6 Å². The SMILES string of the molecule is CC/N=C\C(=C/CC#N)C(CC#N)n1cc(-c2ncnc3[nH]ccc23)cn1. The molecule has 0 saturated carbocycles. The molecule has 0 aliphatic rings. The Morgan fingerprint density at radius 2 is 2.26 bits per heavy atom. The summed E-state index contributed by atoms with van der Waals surface area (Å²) < 4.78 is 1.73. The van der Waals surface area contributed by atoms with E-state index in [4.69, 9.17) is 5.26 Å². The molecule has 27 heavy (non-hydrogen) atoms. The largest absolute Gasteiger partial charge is 0.346 e. The summed E-state index contributed by atoms with van der Waals surface area (Å²) in [6.45, 7) is 2.56. The molecule has 134 valence electrons. The Morgan fingerprint density at radius 3 is 3.04 bits per heavy atom. The molecule has 0 aliphatic carbocycles. The van der Waals surface area contributed by atoms with Crippen LogP contribution in [0, 0.1) is 22.7 Å². The topological polar surface area (TPSA) is 119 Å². The van der Waals surface area contributed by atoms with Gasteiger partial charge in [0.05, 0.1) is 42.9 Å². The van der Waals surface area contributed by atoms with Crippen molar-refractivity contribution >= 4 is 17.2 Å². The summed E-state index contributed by atoms with van der Waals surface area (Å²) in [5, 5.41) is 23.5. The summed E-state index contributed by atoms with van der Waals surface area (Å²) in [5.41, 5.74) is 3.15. The first-order chi connectivity index (χ1) is 13.3. The molecule has 8 nitrogen and oxygen atoms in total. The molecule has 3 rings (SSSR count). The number of aromatic amines is 1. The first kappa shape index (κ1) is 18.0. The van der Waals surface area contributed by atoms with Gasteiger partial charge in [0.25, 0.3) is 0 Å². The quantitative estimate of drug-likeness (QED) is 0.650. The van der Waals surface area contributed by atoms with E-state index in [1.54, 1.807) is 23.2 Å². The Bertz CT molecular complexity index is 1060. The predicted octanol–water partition coefficient (Wildman–Crippen LogP) is 3.21. The van der Waals surface area contributed by atoms with Crippen molar-refractivity contribution in [2.45, 2.75) is 25.8 Å². The Labute approximate surface area is 156 Å². The molecule has 0 aromatic carbocycles. The highest BCUT2D eigenvalue weighted by molar-refractivity contribution is 5.90. The molecule has 0 spiro atoms. The molecule has 1 atom stereocenters. The van der Waals surface area contributed by atoms with E-state index in [2.05, 4.69) is 37.2 Å². The molecule has 3 aromatic rings. The number of allylic oxidation sites excluding steroid dienone is 2. The fourth-order valence-corrected chi connectivity index (χ4v) is 2.82. The lowest BCUT2D eigenvalue weighted by molar-refractivity contribution is 0.536. The van der Waals surface area contributed by atoms with Crippen LogP contribution in [0.4, 0.5) is 0 Å². The monoisotopic (exact) mass is 358 g/mol. The maximum absolute atomic E-state index is 9.28. The number of aromatic nitrogens is 5. The Morgan fingerprint density at radius 1 is 1.37 bits per heavy atom. The van der Waals surface area contributed by atoms with Crippen molar-refractivity contribution in [3.05, 3.63) is 42.6 Å². The minimum Gasteiger partial charge on any atom is -0.346 e. The molecule has 0 amide bonds. The van der Waals surface area contributed by atoms with Gasteiger partial charge in [-0.05, 0) is 18.6 Å². The molecule has 0 fully saturated rings. The molecule has 0 saturated heterocycles.